The SMILES string of the molecule is CC(C)CCCNC(=O)CN(CC(=O)N(C)N1Cc2ccccc2C1)c1cccc2c1CCCC2. The van der Waals surface area contributed by atoms with E-state index in [1.54, 1.807) is 5.01 Å². The van der Waals surface area contributed by atoms with Crippen LogP contribution in [0.1, 0.15) is 61.8 Å². The number of carbonyl (C=O) groups is 2. The minimum atomic E-state index is -0.0220. The smallest absolute Gasteiger partial charge is 0.256 e. The first kappa shape index (κ1) is 25.2. The summed E-state index contributed by atoms with van der Waals surface area (Å²) >= 11 is 0. The minimum absolute atomic E-state index is 0.00109. The molecule has 0 unspecified atom stereocenters. The van der Waals surface area contributed by atoms with Crippen LogP contribution in [0.25, 0.3) is 0 Å². The van der Waals surface area contributed by atoms with Gasteiger partial charge in [0.05, 0.1) is 13.1 Å². The fourth-order valence-electron chi connectivity index (χ4n) is 5.20. The number of hydrogen-bond donors (Lipinski definition) is 1. The normalized spacial score (nSPS) is 15.0. The van der Waals surface area contributed by atoms with Crippen molar-refractivity contribution in [2.75, 3.05) is 31.6 Å². The van der Waals surface area contributed by atoms with Gasteiger partial charge in [-0.3, -0.25) is 14.6 Å². The zero-order valence-corrected chi connectivity index (χ0v) is 21.6. The van der Waals surface area contributed by atoms with Crippen molar-refractivity contribution in [2.24, 2.45) is 5.92 Å². The molecule has 0 radical (unpaired) electrons. The first-order valence-electron chi connectivity index (χ1n) is 13.1. The van der Waals surface area contributed by atoms with E-state index in [4.69, 9.17) is 0 Å². The molecule has 2 aliphatic rings. The predicted octanol–water partition coefficient (Wildman–Crippen LogP) is 4.31. The van der Waals surface area contributed by atoms with E-state index in [9.17, 15) is 9.59 Å². The van der Waals surface area contributed by atoms with Crippen LogP contribution in [-0.2, 0) is 35.5 Å². The average Bonchev–Trinajstić information content (AvgIpc) is 3.29. The molecule has 0 bridgehead atoms. The summed E-state index contributed by atoms with van der Waals surface area (Å²) in [5.74, 6) is 0.606. The van der Waals surface area contributed by atoms with Gasteiger partial charge in [0.15, 0.2) is 0 Å². The van der Waals surface area contributed by atoms with E-state index < -0.39 is 0 Å². The largest absolute Gasteiger partial charge is 0.355 e. The molecule has 1 heterocycles. The molecule has 0 saturated heterocycles. The lowest BCUT2D eigenvalue weighted by Gasteiger charge is -2.33. The number of hydrogen-bond acceptors (Lipinski definition) is 4. The lowest BCUT2D eigenvalue weighted by molar-refractivity contribution is -0.145. The van der Waals surface area contributed by atoms with Crippen molar-refractivity contribution in [2.45, 2.75) is 65.5 Å². The van der Waals surface area contributed by atoms with Gasteiger partial charge in [-0.15, -0.1) is 0 Å². The van der Waals surface area contributed by atoms with Crippen LogP contribution < -0.4 is 10.2 Å². The topological polar surface area (TPSA) is 55.9 Å². The van der Waals surface area contributed by atoms with Crippen molar-refractivity contribution in [3.05, 3.63) is 64.7 Å². The van der Waals surface area contributed by atoms with Crippen molar-refractivity contribution in [3.8, 4) is 0 Å². The lowest BCUT2D eigenvalue weighted by Crippen LogP contribution is -2.48. The zero-order valence-electron chi connectivity index (χ0n) is 21.6. The average molecular weight is 477 g/mol. The molecular weight excluding hydrogens is 436 g/mol. The van der Waals surface area contributed by atoms with Crippen LogP contribution in [0.5, 0.6) is 0 Å². The van der Waals surface area contributed by atoms with Crippen LogP contribution in [0.4, 0.5) is 5.69 Å². The molecule has 188 valence electrons. The summed E-state index contributed by atoms with van der Waals surface area (Å²) in [5.41, 5.74) is 6.22. The number of hydrazine groups is 1. The van der Waals surface area contributed by atoms with Gasteiger partial charge in [0.2, 0.25) is 5.91 Å². The third kappa shape index (κ3) is 6.43. The van der Waals surface area contributed by atoms with E-state index in [2.05, 4.69) is 54.5 Å². The molecule has 6 heteroatoms. The molecule has 35 heavy (non-hydrogen) atoms. The predicted molar refractivity (Wildman–Crippen MR) is 141 cm³/mol. The summed E-state index contributed by atoms with van der Waals surface area (Å²) in [5, 5.41) is 6.89. The maximum atomic E-state index is 13.5. The number of nitrogens with one attached hydrogen (secondary N) is 1. The van der Waals surface area contributed by atoms with E-state index >= 15 is 0 Å². The zero-order chi connectivity index (χ0) is 24.8. The highest BCUT2D eigenvalue weighted by Gasteiger charge is 2.27. The second kappa shape index (κ2) is 11.7. The first-order chi connectivity index (χ1) is 16.9. The molecule has 1 N–H and O–H groups in total. The first-order valence-corrected chi connectivity index (χ1v) is 13.1. The summed E-state index contributed by atoms with van der Waals surface area (Å²) in [6.07, 6.45) is 6.49. The number of benzene rings is 2. The Morgan fingerprint density at radius 1 is 0.943 bits per heavy atom. The van der Waals surface area contributed by atoms with Gasteiger partial charge in [-0.1, -0.05) is 50.2 Å². The molecule has 1 aliphatic heterocycles. The Balaban J connectivity index is 1.46. The molecule has 0 fully saturated rings. The summed E-state index contributed by atoms with van der Waals surface area (Å²) in [7, 11) is 1.85. The summed E-state index contributed by atoms with van der Waals surface area (Å²) < 4.78 is 0. The molecule has 1 aliphatic carbocycles. The highest BCUT2D eigenvalue weighted by molar-refractivity contribution is 5.87. The highest BCUT2D eigenvalue weighted by Crippen LogP contribution is 2.31. The fourth-order valence-corrected chi connectivity index (χ4v) is 5.20. The minimum Gasteiger partial charge on any atom is -0.355 e. The summed E-state index contributed by atoms with van der Waals surface area (Å²) in [6, 6.07) is 14.7. The van der Waals surface area contributed by atoms with Gasteiger partial charge in [0.1, 0.15) is 0 Å². The Hall–Kier alpha value is -2.86. The second-order valence-corrected chi connectivity index (χ2v) is 10.4. The number of likely N-dealkylation sites (N-methyl/N-ethyl adjacent to an activating group) is 1. The number of amides is 2. The van der Waals surface area contributed by atoms with Crippen molar-refractivity contribution in [1.29, 1.82) is 0 Å². The van der Waals surface area contributed by atoms with Gasteiger partial charge in [0, 0.05) is 32.4 Å². The number of anilines is 1. The van der Waals surface area contributed by atoms with Crippen LogP contribution in [0, 0.1) is 5.92 Å². The van der Waals surface area contributed by atoms with Gasteiger partial charge >= 0.3 is 0 Å². The van der Waals surface area contributed by atoms with Crippen LogP contribution in [0.2, 0.25) is 0 Å². The fraction of sp³-hybridized carbons (Fsp3) is 0.517. The maximum Gasteiger partial charge on any atom is 0.256 e. The van der Waals surface area contributed by atoms with Gasteiger partial charge in [-0.2, -0.15) is 0 Å². The van der Waals surface area contributed by atoms with Gasteiger partial charge in [-0.05, 0) is 72.8 Å². The molecule has 2 aromatic carbocycles. The van der Waals surface area contributed by atoms with Gasteiger partial charge in [0.25, 0.3) is 5.91 Å². The van der Waals surface area contributed by atoms with E-state index in [-0.39, 0.29) is 24.9 Å². The Kier molecular flexibility index (Phi) is 8.45. The standard InChI is InChI=1S/C29H40N4O2/c1-22(2)10-9-17-30-28(34)20-32(27-16-8-14-23-11-6-7-15-26(23)27)21-29(35)31(3)33-18-24-12-4-5-13-25(24)19-33/h4-5,8,12-14,16,22H,6-7,9-11,15,17-21H2,1-3H3,(H,30,34). The van der Waals surface area contributed by atoms with Crippen molar-refractivity contribution in [3.63, 3.8) is 0 Å². The van der Waals surface area contributed by atoms with Crippen LogP contribution in [0.3, 0.4) is 0 Å². The Morgan fingerprint density at radius 2 is 1.63 bits per heavy atom. The number of nitrogens with zero attached hydrogens (tertiary/aromatic N) is 3. The molecule has 0 spiro atoms. The Bertz CT molecular complexity index is 1010. The number of fused-ring (bicyclic) bond motifs is 2. The third-order valence-corrected chi connectivity index (χ3v) is 7.26. The maximum absolute atomic E-state index is 13.5. The van der Waals surface area contributed by atoms with Crippen molar-refractivity contribution >= 4 is 17.5 Å². The summed E-state index contributed by atoms with van der Waals surface area (Å²) in [4.78, 5) is 28.4. The Labute approximate surface area is 210 Å². The van der Waals surface area contributed by atoms with Crippen LogP contribution >= 0.6 is 0 Å². The van der Waals surface area contributed by atoms with E-state index in [1.165, 1.54) is 28.7 Å². The van der Waals surface area contributed by atoms with Gasteiger partial charge < -0.3 is 10.2 Å². The molecule has 0 atom stereocenters. The molecule has 4 rings (SSSR count). The molecule has 2 amide bonds. The highest BCUT2D eigenvalue weighted by atomic mass is 16.2. The number of carbonyl (C=O) groups excluding carboxylic acids is 2. The molecule has 6 nitrogen and oxygen atoms in total. The van der Waals surface area contributed by atoms with Crippen molar-refractivity contribution < 1.29 is 9.59 Å². The van der Waals surface area contributed by atoms with E-state index in [1.807, 2.05) is 24.1 Å². The molecular formula is C29H40N4O2. The third-order valence-electron chi connectivity index (χ3n) is 7.26. The lowest BCUT2D eigenvalue weighted by atomic mass is 9.90. The Morgan fingerprint density at radius 3 is 2.34 bits per heavy atom. The van der Waals surface area contributed by atoms with Gasteiger partial charge in [-0.25, -0.2) is 5.01 Å². The molecule has 0 aromatic heterocycles. The number of rotatable bonds is 10. The summed E-state index contributed by atoms with van der Waals surface area (Å²) in [6.45, 7) is 6.91. The molecule has 2 aromatic rings. The van der Waals surface area contributed by atoms with Crippen LogP contribution in [0.15, 0.2) is 42.5 Å². The van der Waals surface area contributed by atoms with E-state index in [0.29, 0.717) is 12.5 Å². The van der Waals surface area contributed by atoms with E-state index in [0.717, 1.165) is 50.9 Å². The quantitative estimate of drug-likeness (QED) is 0.519. The molecule has 0 saturated carbocycles. The second-order valence-electron chi connectivity index (χ2n) is 10.4. The number of aryl methyl sites for hydroxylation is 1. The van der Waals surface area contributed by atoms with Crippen LogP contribution in [-0.4, -0.2) is 48.5 Å². The monoisotopic (exact) mass is 476 g/mol. The van der Waals surface area contributed by atoms with Crippen molar-refractivity contribution in [1.82, 2.24) is 15.3 Å².